The summed E-state index contributed by atoms with van der Waals surface area (Å²) in [5.74, 6) is 0.0682. The van der Waals surface area contributed by atoms with Crippen LogP contribution in [-0.2, 0) is 16.1 Å². The van der Waals surface area contributed by atoms with Gasteiger partial charge in [0, 0.05) is 12.3 Å². The maximum atomic E-state index is 10.8. The highest BCUT2D eigenvalue weighted by atomic mass is 16.5. The van der Waals surface area contributed by atoms with Crippen molar-refractivity contribution in [1.29, 1.82) is 0 Å². The largest absolute Gasteiger partial charge is 0.456 e. The van der Waals surface area contributed by atoms with Crippen LogP contribution in [0.25, 0.3) is 21.9 Å². The summed E-state index contributed by atoms with van der Waals surface area (Å²) >= 11 is 0. The first-order valence-corrected chi connectivity index (χ1v) is 5.64. The summed E-state index contributed by atoms with van der Waals surface area (Å²) in [6.07, 6.45) is 0. The summed E-state index contributed by atoms with van der Waals surface area (Å²) in [7, 11) is 0. The average Bonchev–Trinajstić information content (AvgIpc) is 2.79. The molecule has 0 bridgehead atoms. The van der Waals surface area contributed by atoms with Crippen LogP contribution in [0.5, 0.6) is 0 Å². The van der Waals surface area contributed by atoms with E-state index in [9.17, 15) is 4.79 Å². The van der Waals surface area contributed by atoms with Crippen LogP contribution < -0.4 is 0 Å². The van der Waals surface area contributed by atoms with Gasteiger partial charge < -0.3 is 9.15 Å². The van der Waals surface area contributed by atoms with Crippen molar-refractivity contribution in [2.24, 2.45) is 0 Å². The minimum atomic E-state index is -0.345. The van der Waals surface area contributed by atoms with Crippen LogP contribution in [0.15, 0.2) is 40.8 Å². The molecule has 2 aromatic carbocycles. The maximum absolute atomic E-state index is 10.8. The molecule has 0 aliphatic heterocycles. The lowest BCUT2D eigenvalue weighted by Gasteiger charge is -1.96. The number of oxazole rings is 1. The topological polar surface area (TPSA) is 52.3 Å². The summed E-state index contributed by atoms with van der Waals surface area (Å²) in [4.78, 5) is 15.0. The molecule has 0 N–H and O–H groups in total. The number of benzene rings is 2. The maximum Gasteiger partial charge on any atom is 0.303 e. The van der Waals surface area contributed by atoms with Crippen LogP contribution in [0.4, 0.5) is 0 Å². The van der Waals surface area contributed by atoms with Gasteiger partial charge in [-0.2, -0.15) is 0 Å². The van der Waals surface area contributed by atoms with E-state index in [0.29, 0.717) is 5.89 Å². The zero-order valence-corrected chi connectivity index (χ0v) is 9.84. The number of rotatable bonds is 2. The van der Waals surface area contributed by atoms with Gasteiger partial charge in [-0.05, 0) is 11.5 Å². The molecule has 3 aromatic rings. The molecule has 0 aliphatic carbocycles. The second-order valence-corrected chi connectivity index (χ2v) is 4.02. The molecule has 0 fully saturated rings. The fraction of sp³-hybridized carbons (Fsp3) is 0.143. The number of carbonyl (C=O) groups excluding carboxylic acids is 1. The molecule has 0 radical (unpaired) electrons. The Morgan fingerprint density at radius 1 is 1.28 bits per heavy atom. The lowest BCUT2D eigenvalue weighted by molar-refractivity contribution is -0.142. The van der Waals surface area contributed by atoms with E-state index in [1.807, 2.05) is 36.4 Å². The van der Waals surface area contributed by atoms with E-state index in [1.54, 1.807) is 0 Å². The van der Waals surface area contributed by atoms with Crippen LogP contribution in [0.2, 0.25) is 0 Å². The fourth-order valence-corrected chi connectivity index (χ4v) is 1.93. The van der Waals surface area contributed by atoms with Gasteiger partial charge in [0.1, 0.15) is 5.52 Å². The van der Waals surface area contributed by atoms with Crippen LogP contribution >= 0.6 is 0 Å². The Balaban J connectivity index is 2.11. The van der Waals surface area contributed by atoms with Gasteiger partial charge in [0.15, 0.2) is 12.2 Å². The molecule has 90 valence electrons. The van der Waals surface area contributed by atoms with Crippen LogP contribution in [0.1, 0.15) is 12.8 Å². The molecule has 18 heavy (non-hydrogen) atoms. The molecule has 1 aromatic heterocycles. The summed E-state index contributed by atoms with van der Waals surface area (Å²) in [5.41, 5.74) is 1.51. The summed E-state index contributed by atoms with van der Waals surface area (Å²) in [6, 6.07) is 11.8. The number of ether oxygens (including phenoxy) is 1. The number of hydrogen-bond acceptors (Lipinski definition) is 4. The zero-order chi connectivity index (χ0) is 12.5. The van der Waals surface area contributed by atoms with Gasteiger partial charge in [0.25, 0.3) is 0 Å². The molecule has 0 atom stereocenters. The number of esters is 1. The Morgan fingerprint density at radius 3 is 2.94 bits per heavy atom. The third-order valence-corrected chi connectivity index (χ3v) is 2.72. The Kier molecular flexibility index (Phi) is 2.48. The Bertz CT molecular complexity index is 730. The third kappa shape index (κ3) is 1.82. The standard InChI is InChI=1S/C14H11NO3/c1-9(16)17-8-13-15-12-7-6-10-4-2-3-5-11(10)14(12)18-13/h2-7H,8H2,1H3. The van der Waals surface area contributed by atoms with Crippen molar-refractivity contribution in [3.63, 3.8) is 0 Å². The third-order valence-electron chi connectivity index (χ3n) is 2.72. The molecule has 0 spiro atoms. The van der Waals surface area contributed by atoms with Gasteiger partial charge in [0.05, 0.1) is 0 Å². The second-order valence-electron chi connectivity index (χ2n) is 4.02. The summed E-state index contributed by atoms with van der Waals surface area (Å²) in [5, 5.41) is 2.11. The Labute approximate surface area is 103 Å². The number of carbonyl (C=O) groups is 1. The molecule has 1 heterocycles. The molecular weight excluding hydrogens is 230 g/mol. The first kappa shape index (κ1) is 10.8. The van der Waals surface area contributed by atoms with Crippen LogP contribution in [0.3, 0.4) is 0 Å². The van der Waals surface area contributed by atoms with Gasteiger partial charge >= 0.3 is 5.97 Å². The van der Waals surface area contributed by atoms with Crippen molar-refractivity contribution in [2.45, 2.75) is 13.5 Å². The first-order chi connectivity index (χ1) is 8.74. The van der Waals surface area contributed by atoms with E-state index in [2.05, 4.69) is 4.98 Å². The number of aromatic nitrogens is 1. The molecule has 0 amide bonds. The molecular formula is C14H11NO3. The Hall–Kier alpha value is -2.36. The highest BCUT2D eigenvalue weighted by molar-refractivity contribution is 6.02. The molecule has 0 unspecified atom stereocenters. The predicted octanol–water partition coefficient (Wildman–Crippen LogP) is 3.04. The van der Waals surface area contributed by atoms with Crippen molar-refractivity contribution in [2.75, 3.05) is 0 Å². The summed E-state index contributed by atoms with van der Waals surface area (Å²) in [6.45, 7) is 1.43. The molecule has 0 saturated heterocycles. The van der Waals surface area contributed by atoms with Gasteiger partial charge in [0.2, 0.25) is 5.89 Å². The van der Waals surface area contributed by atoms with Crippen LogP contribution in [-0.4, -0.2) is 11.0 Å². The zero-order valence-electron chi connectivity index (χ0n) is 9.84. The number of hydrogen-bond donors (Lipinski definition) is 0. The number of nitrogens with zero attached hydrogens (tertiary/aromatic N) is 1. The predicted molar refractivity (Wildman–Crippen MR) is 67.0 cm³/mol. The minimum absolute atomic E-state index is 0.0678. The SMILES string of the molecule is CC(=O)OCc1nc2ccc3ccccc3c2o1. The van der Waals surface area contributed by atoms with Gasteiger partial charge in [-0.25, -0.2) is 4.98 Å². The molecule has 0 aliphatic rings. The van der Waals surface area contributed by atoms with Crippen molar-refractivity contribution in [1.82, 2.24) is 4.98 Å². The van der Waals surface area contributed by atoms with E-state index in [-0.39, 0.29) is 12.6 Å². The van der Waals surface area contributed by atoms with Crippen molar-refractivity contribution in [3.05, 3.63) is 42.3 Å². The average molecular weight is 241 g/mol. The van der Waals surface area contributed by atoms with Gasteiger partial charge in [-0.1, -0.05) is 30.3 Å². The monoisotopic (exact) mass is 241 g/mol. The van der Waals surface area contributed by atoms with Crippen molar-refractivity contribution >= 4 is 27.8 Å². The molecule has 4 nitrogen and oxygen atoms in total. The highest BCUT2D eigenvalue weighted by Crippen LogP contribution is 2.25. The van der Waals surface area contributed by atoms with Crippen molar-refractivity contribution in [3.8, 4) is 0 Å². The lowest BCUT2D eigenvalue weighted by atomic mass is 10.1. The van der Waals surface area contributed by atoms with E-state index in [4.69, 9.17) is 9.15 Å². The quantitative estimate of drug-likeness (QED) is 0.647. The molecule has 4 heteroatoms. The smallest absolute Gasteiger partial charge is 0.303 e. The van der Waals surface area contributed by atoms with Gasteiger partial charge in [-0.3, -0.25) is 4.79 Å². The van der Waals surface area contributed by atoms with E-state index >= 15 is 0 Å². The van der Waals surface area contributed by atoms with E-state index in [1.165, 1.54) is 6.92 Å². The Morgan fingerprint density at radius 2 is 2.11 bits per heavy atom. The molecule has 0 saturated carbocycles. The normalized spacial score (nSPS) is 10.9. The summed E-state index contributed by atoms with van der Waals surface area (Å²) < 4.78 is 10.5. The van der Waals surface area contributed by atoms with Crippen molar-refractivity contribution < 1.29 is 13.9 Å². The lowest BCUT2D eigenvalue weighted by Crippen LogP contribution is -1.98. The molecule has 3 rings (SSSR count). The second kappa shape index (κ2) is 4.14. The highest BCUT2D eigenvalue weighted by Gasteiger charge is 2.09. The van der Waals surface area contributed by atoms with Gasteiger partial charge in [-0.15, -0.1) is 0 Å². The van der Waals surface area contributed by atoms with E-state index in [0.717, 1.165) is 21.9 Å². The number of fused-ring (bicyclic) bond motifs is 3. The van der Waals surface area contributed by atoms with Crippen LogP contribution in [0, 0.1) is 0 Å². The van der Waals surface area contributed by atoms with E-state index < -0.39 is 0 Å². The first-order valence-electron chi connectivity index (χ1n) is 5.64. The minimum Gasteiger partial charge on any atom is -0.456 e. The fourth-order valence-electron chi connectivity index (χ4n) is 1.93.